The molecule has 1 N–H and O–H groups in total. The van der Waals surface area contributed by atoms with E-state index in [-0.39, 0.29) is 0 Å². The van der Waals surface area contributed by atoms with Gasteiger partial charge in [0, 0.05) is 13.5 Å². The third-order valence-electron chi connectivity index (χ3n) is 4.32. The average molecular weight is 257 g/mol. The standard InChI is InChI=1S/C16H23N3/c1-3-12-6-7-14-15(9-12)19(2)16(18-14)10-13-5-4-8-17-11-13/h6-7,9,13,17H,3-5,8,10-11H2,1-2H3. The normalized spacial score (nSPS) is 20.0. The van der Waals surface area contributed by atoms with Crippen LogP contribution >= 0.6 is 0 Å². The molecule has 0 saturated carbocycles. The number of fused-ring (bicyclic) bond motifs is 1. The van der Waals surface area contributed by atoms with Gasteiger partial charge in [-0.25, -0.2) is 4.98 Å². The van der Waals surface area contributed by atoms with E-state index in [9.17, 15) is 0 Å². The Morgan fingerprint density at radius 1 is 1.42 bits per heavy atom. The van der Waals surface area contributed by atoms with E-state index in [4.69, 9.17) is 4.98 Å². The maximum Gasteiger partial charge on any atom is 0.109 e. The summed E-state index contributed by atoms with van der Waals surface area (Å²) >= 11 is 0. The Hall–Kier alpha value is -1.35. The molecule has 0 bridgehead atoms. The Labute approximate surface area is 115 Å². The summed E-state index contributed by atoms with van der Waals surface area (Å²) < 4.78 is 2.28. The third-order valence-corrected chi connectivity index (χ3v) is 4.32. The molecule has 3 heteroatoms. The highest BCUT2D eigenvalue weighted by atomic mass is 15.1. The van der Waals surface area contributed by atoms with E-state index in [0.29, 0.717) is 0 Å². The van der Waals surface area contributed by atoms with Crippen LogP contribution in [0, 0.1) is 5.92 Å². The first kappa shape index (κ1) is 12.7. The fraction of sp³-hybridized carbons (Fsp3) is 0.562. The van der Waals surface area contributed by atoms with Crippen molar-refractivity contribution in [3.8, 4) is 0 Å². The number of aromatic nitrogens is 2. The topological polar surface area (TPSA) is 29.9 Å². The molecule has 3 nitrogen and oxygen atoms in total. The number of aryl methyl sites for hydroxylation is 2. The Bertz CT molecular complexity index is 565. The first-order valence-electron chi connectivity index (χ1n) is 7.43. The number of imidazole rings is 1. The SMILES string of the molecule is CCc1ccc2nc(CC3CCCNC3)n(C)c2c1. The van der Waals surface area contributed by atoms with Crippen molar-refractivity contribution in [2.24, 2.45) is 13.0 Å². The van der Waals surface area contributed by atoms with Crippen LogP contribution in [0.4, 0.5) is 0 Å². The van der Waals surface area contributed by atoms with Crippen molar-refractivity contribution in [1.82, 2.24) is 14.9 Å². The summed E-state index contributed by atoms with van der Waals surface area (Å²) in [6.45, 7) is 4.52. The van der Waals surface area contributed by atoms with E-state index in [1.54, 1.807) is 0 Å². The highest BCUT2D eigenvalue weighted by molar-refractivity contribution is 5.76. The molecule has 102 valence electrons. The number of nitrogens with zero attached hydrogens (tertiary/aromatic N) is 2. The van der Waals surface area contributed by atoms with Crippen molar-refractivity contribution in [1.29, 1.82) is 0 Å². The monoisotopic (exact) mass is 257 g/mol. The van der Waals surface area contributed by atoms with Crippen molar-refractivity contribution in [2.75, 3.05) is 13.1 Å². The zero-order valence-corrected chi connectivity index (χ0v) is 11.9. The van der Waals surface area contributed by atoms with Gasteiger partial charge in [-0.05, 0) is 56.0 Å². The van der Waals surface area contributed by atoms with E-state index in [1.807, 2.05) is 0 Å². The summed E-state index contributed by atoms with van der Waals surface area (Å²) in [7, 11) is 2.15. The van der Waals surface area contributed by atoms with Crippen LogP contribution in [0.5, 0.6) is 0 Å². The quantitative estimate of drug-likeness (QED) is 0.916. The Balaban J connectivity index is 1.88. The van der Waals surface area contributed by atoms with E-state index in [1.165, 1.54) is 36.3 Å². The molecule has 2 heterocycles. The smallest absolute Gasteiger partial charge is 0.109 e. The molecule has 1 aliphatic heterocycles. The Morgan fingerprint density at radius 2 is 2.32 bits per heavy atom. The van der Waals surface area contributed by atoms with Crippen LogP contribution < -0.4 is 5.32 Å². The van der Waals surface area contributed by atoms with Gasteiger partial charge in [-0.3, -0.25) is 0 Å². The summed E-state index contributed by atoms with van der Waals surface area (Å²) in [6, 6.07) is 6.64. The van der Waals surface area contributed by atoms with E-state index in [0.717, 1.165) is 30.8 Å². The van der Waals surface area contributed by atoms with Crippen LogP contribution in [0.15, 0.2) is 18.2 Å². The number of nitrogens with one attached hydrogen (secondary N) is 1. The van der Waals surface area contributed by atoms with Crippen molar-refractivity contribution in [2.45, 2.75) is 32.6 Å². The van der Waals surface area contributed by atoms with Crippen molar-refractivity contribution in [3.63, 3.8) is 0 Å². The molecule has 3 rings (SSSR count). The largest absolute Gasteiger partial charge is 0.331 e. The van der Waals surface area contributed by atoms with Gasteiger partial charge in [0.05, 0.1) is 11.0 Å². The maximum atomic E-state index is 4.82. The second-order valence-corrected chi connectivity index (χ2v) is 5.68. The molecule has 0 radical (unpaired) electrons. The van der Waals surface area contributed by atoms with Gasteiger partial charge in [0.25, 0.3) is 0 Å². The fourth-order valence-corrected chi connectivity index (χ4v) is 3.04. The van der Waals surface area contributed by atoms with Gasteiger partial charge in [0.2, 0.25) is 0 Å². The lowest BCUT2D eigenvalue weighted by Crippen LogP contribution is -2.31. The van der Waals surface area contributed by atoms with Gasteiger partial charge >= 0.3 is 0 Å². The van der Waals surface area contributed by atoms with Crippen LogP contribution in [0.3, 0.4) is 0 Å². The molecule has 19 heavy (non-hydrogen) atoms. The molecule has 1 atom stereocenters. The Kier molecular flexibility index (Phi) is 3.56. The molecule has 1 aromatic carbocycles. The van der Waals surface area contributed by atoms with Crippen LogP contribution in [-0.2, 0) is 19.9 Å². The highest BCUT2D eigenvalue weighted by Gasteiger charge is 2.17. The number of hydrogen-bond donors (Lipinski definition) is 1. The molecule has 1 unspecified atom stereocenters. The number of piperidine rings is 1. The van der Waals surface area contributed by atoms with Gasteiger partial charge in [-0.15, -0.1) is 0 Å². The van der Waals surface area contributed by atoms with Crippen molar-refractivity contribution in [3.05, 3.63) is 29.6 Å². The molecule has 0 aliphatic carbocycles. The van der Waals surface area contributed by atoms with Crippen LogP contribution in [0.1, 0.15) is 31.2 Å². The van der Waals surface area contributed by atoms with Crippen LogP contribution in [0.25, 0.3) is 11.0 Å². The van der Waals surface area contributed by atoms with Gasteiger partial charge in [0.15, 0.2) is 0 Å². The van der Waals surface area contributed by atoms with Gasteiger partial charge in [-0.1, -0.05) is 13.0 Å². The predicted octanol–water partition coefficient (Wildman–Crippen LogP) is 2.68. The summed E-state index contributed by atoms with van der Waals surface area (Å²) in [5.41, 5.74) is 3.80. The number of benzene rings is 1. The zero-order chi connectivity index (χ0) is 13.2. The first-order valence-corrected chi connectivity index (χ1v) is 7.43. The summed E-state index contributed by atoms with van der Waals surface area (Å²) in [5, 5.41) is 3.49. The summed E-state index contributed by atoms with van der Waals surface area (Å²) in [5.74, 6) is 1.98. The fourth-order valence-electron chi connectivity index (χ4n) is 3.04. The van der Waals surface area contributed by atoms with E-state index >= 15 is 0 Å². The summed E-state index contributed by atoms with van der Waals surface area (Å²) in [6.07, 6.45) is 4.81. The lowest BCUT2D eigenvalue weighted by Gasteiger charge is -2.22. The molecule has 1 fully saturated rings. The van der Waals surface area contributed by atoms with E-state index < -0.39 is 0 Å². The first-order chi connectivity index (χ1) is 9.28. The molecule has 2 aromatic rings. The second-order valence-electron chi connectivity index (χ2n) is 5.68. The number of rotatable bonds is 3. The molecule has 0 spiro atoms. The lowest BCUT2D eigenvalue weighted by molar-refractivity contribution is 0.368. The lowest BCUT2D eigenvalue weighted by atomic mass is 9.96. The summed E-state index contributed by atoms with van der Waals surface area (Å²) in [4.78, 5) is 4.82. The third kappa shape index (κ3) is 2.52. The van der Waals surface area contributed by atoms with Gasteiger partial charge in [0.1, 0.15) is 5.82 Å². The van der Waals surface area contributed by atoms with Crippen LogP contribution in [0.2, 0.25) is 0 Å². The molecule has 1 aromatic heterocycles. The zero-order valence-electron chi connectivity index (χ0n) is 11.9. The van der Waals surface area contributed by atoms with Gasteiger partial charge < -0.3 is 9.88 Å². The molecular weight excluding hydrogens is 234 g/mol. The van der Waals surface area contributed by atoms with Crippen LogP contribution in [-0.4, -0.2) is 22.6 Å². The van der Waals surface area contributed by atoms with Crippen molar-refractivity contribution >= 4 is 11.0 Å². The molecular formula is C16H23N3. The molecule has 0 amide bonds. The highest BCUT2D eigenvalue weighted by Crippen LogP contribution is 2.21. The second kappa shape index (κ2) is 5.33. The van der Waals surface area contributed by atoms with E-state index in [2.05, 4.69) is 42.1 Å². The molecule has 1 saturated heterocycles. The minimum atomic E-state index is 0.745. The Morgan fingerprint density at radius 3 is 3.05 bits per heavy atom. The average Bonchev–Trinajstić information content (AvgIpc) is 2.76. The van der Waals surface area contributed by atoms with Gasteiger partial charge in [-0.2, -0.15) is 0 Å². The minimum absolute atomic E-state index is 0.745. The minimum Gasteiger partial charge on any atom is -0.331 e. The molecule has 1 aliphatic rings. The number of hydrogen-bond acceptors (Lipinski definition) is 2. The maximum absolute atomic E-state index is 4.82. The van der Waals surface area contributed by atoms with Crippen molar-refractivity contribution < 1.29 is 0 Å². The predicted molar refractivity (Wildman–Crippen MR) is 79.4 cm³/mol.